The third-order valence-electron chi connectivity index (χ3n) is 11.2. The number of hydrogen-bond acceptors (Lipinski definition) is 3. The highest BCUT2D eigenvalue weighted by Gasteiger charge is 2.03. The van der Waals surface area contributed by atoms with Gasteiger partial charge >= 0.3 is 11.9 Å². The van der Waals surface area contributed by atoms with Gasteiger partial charge in [-0.1, -0.05) is 237 Å². The first-order chi connectivity index (χ1) is 26.7. The Labute approximate surface area is 337 Å². The Balaban J connectivity index is 3.16. The second-order valence-electron chi connectivity index (χ2n) is 16.6. The number of carboxylic acids is 1. The molecule has 0 aromatic carbocycles. The molecule has 0 saturated heterocycles. The Bertz CT molecular complexity index is 802. The Morgan fingerprint density at radius 1 is 0.370 bits per heavy atom. The van der Waals surface area contributed by atoms with Crippen LogP contribution in [0.25, 0.3) is 0 Å². The van der Waals surface area contributed by atoms with E-state index in [0.29, 0.717) is 13.0 Å². The molecule has 318 valence electrons. The smallest absolute Gasteiger partial charge is 0.327 e. The fourth-order valence-corrected chi connectivity index (χ4v) is 7.57. The molecular weight excluding hydrogens is 665 g/mol. The number of carbonyl (C=O) groups is 2. The predicted octanol–water partition coefficient (Wildman–Crippen LogP) is 17.1. The van der Waals surface area contributed by atoms with Crippen LogP contribution in [0.3, 0.4) is 0 Å². The van der Waals surface area contributed by atoms with E-state index in [2.05, 4.69) is 19.1 Å². The minimum atomic E-state index is -0.833. The van der Waals surface area contributed by atoms with E-state index in [1.54, 1.807) is 6.08 Å². The lowest BCUT2D eigenvalue weighted by Gasteiger charge is -2.06. The number of allylic oxidation sites excluding steroid dienone is 3. The average molecular weight is 759 g/mol. The Morgan fingerprint density at radius 3 is 0.981 bits per heavy atom. The molecule has 4 nitrogen and oxygen atoms in total. The molecule has 0 heterocycles. The minimum absolute atomic E-state index is 0.0128. The van der Waals surface area contributed by atoms with Gasteiger partial charge in [0, 0.05) is 12.5 Å². The average Bonchev–Trinajstić information content (AvgIpc) is 3.16. The van der Waals surface area contributed by atoms with Crippen LogP contribution >= 0.6 is 0 Å². The Morgan fingerprint density at radius 2 is 0.648 bits per heavy atom. The molecule has 54 heavy (non-hydrogen) atoms. The third kappa shape index (κ3) is 48.4. The van der Waals surface area contributed by atoms with E-state index in [-0.39, 0.29) is 5.97 Å². The fourth-order valence-electron chi connectivity index (χ4n) is 7.57. The summed E-state index contributed by atoms with van der Waals surface area (Å²) in [6, 6.07) is 0. The first-order valence-corrected chi connectivity index (χ1v) is 24.4. The molecule has 0 rings (SSSR count). The standard InChI is InChI=1S/C50H94O4/c1-2-3-4-5-6-7-8-9-25-29-32-35-38-41-44-47-50(53)54-48-45-42-39-36-33-30-27-24-22-20-18-16-14-12-10-11-13-15-17-19-21-23-26-28-31-34-37-40-43-46-49(51)52/h9,25,43,46H,2-8,10-24,26-42,44-45,47-48H2,1H3,(H,51,52). The van der Waals surface area contributed by atoms with Crippen molar-refractivity contribution in [1.82, 2.24) is 0 Å². The molecule has 0 aliphatic carbocycles. The summed E-state index contributed by atoms with van der Waals surface area (Å²) in [6.07, 6.45) is 62.8. The molecule has 0 radical (unpaired) electrons. The van der Waals surface area contributed by atoms with Gasteiger partial charge in [0.15, 0.2) is 0 Å². The van der Waals surface area contributed by atoms with Crippen LogP contribution in [-0.2, 0) is 14.3 Å². The Hall–Kier alpha value is -1.58. The second-order valence-corrected chi connectivity index (χ2v) is 16.6. The SMILES string of the molecule is CCCCCCCCC=CCCCCCCCC(=O)OCCCCCCCCCCCCCCCCCCCCCCCCCCCCCC=CC(=O)O. The first kappa shape index (κ1) is 52.4. The van der Waals surface area contributed by atoms with Crippen LogP contribution in [0.4, 0.5) is 0 Å². The van der Waals surface area contributed by atoms with Crippen molar-refractivity contribution in [3.8, 4) is 0 Å². The highest BCUT2D eigenvalue weighted by Crippen LogP contribution is 2.17. The normalized spacial score (nSPS) is 11.7. The number of carboxylic acid groups (broad SMARTS) is 1. The maximum atomic E-state index is 12.0. The lowest BCUT2D eigenvalue weighted by molar-refractivity contribution is -0.144. The zero-order chi connectivity index (χ0) is 39.1. The van der Waals surface area contributed by atoms with Gasteiger partial charge in [-0.15, -0.1) is 0 Å². The molecule has 0 spiro atoms. The number of hydrogen-bond donors (Lipinski definition) is 1. The van der Waals surface area contributed by atoms with Gasteiger partial charge in [0.05, 0.1) is 6.61 Å². The van der Waals surface area contributed by atoms with Crippen molar-refractivity contribution in [1.29, 1.82) is 0 Å². The van der Waals surface area contributed by atoms with Gasteiger partial charge in [0.2, 0.25) is 0 Å². The van der Waals surface area contributed by atoms with Gasteiger partial charge in [-0.25, -0.2) is 4.79 Å². The molecule has 0 aliphatic rings. The Kier molecular flexibility index (Phi) is 46.2. The van der Waals surface area contributed by atoms with Crippen molar-refractivity contribution in [3.05, 3.63) is 24.3 Å². The van der Waals surface area contributed by atoms with Crippen molar-refractivity contribution >= 4 is 11.9 Å². The summed E-state index contributed by atoms with van der Waals surface area (Å²) >= 11 is 0. The van der Waals surface area contributed by atoms with Crippen LogP contribution in [0.5, 0.6) is 0 Å². The van der Waals surface area contributed by atoms with Crippen LogP contribution < -0.4 is 0 Å². The summed E-state index contributed by atoms with van der Waals surface area (Å²) in [7, 11) is 0. The van der Waals surface area contributed by atoms with E-state index in [1.165, 1.54) is 237 Å². The molecule has 0 bridgehead atoms. The monoisotopic (exact) mass is 759 g/mol. The van der Waals surface area contributed by atoms with Gasteiger partial charge in [-0.05, 0) is 51.4 Å². The van der Waals surface area contributed by atoms with Crippen LogP contribution in [0, 0.1) is 0 Å². The van der Waals surface area contributed by atoms with Crippen molar-refractivity contribution in [2.75, 3.05) is 6.61 Å². The van der Waals surface area contributed by atoms with Crippen molar-refractivity contribution < 1.29 is 19.4 Å². The lowest BCUT2D eigenvalue weighted by Crippen LogP contribution is -2.05. The molecule has 4 heteroatoms. The quantitative estimate of drug-likeness (QED) is 0.0291. The summed E-state index contributed by atoms with van der Waals surface area (Å²) in [4.78, 5) is 22.4. The number of carbonyl (C=O) groups excluding carboxylic acids is 1. The first-order valence-electron chi connectivity index (χ1n) is 24.4. The van der Waals surface area contributed by atoms with E-state index >= 15 is 0 Å². The molecule has 0 atom stereocenters. The maximum absolute atomic E-state index is 12.0. The molecule has 1 N–H and O–H groups in total. The van der Waals surface area contributed by atoms with Crippen LogP contribution in [0.2, 0.25) is 0 Å². The number of unbranched alkanes of at least 4 members (excludes halogenated alkanes) is 38. The molecule has 0 saturated carbocycles. The molecule has 0 aromatic rings. The number of ether oxygens (including phenoxy) is 1. The van der Waals surface area contributed by atoms with Crippen molar-refractivity contribution in [3.63, 3.8) is 0 Å². The molecule has 0 fully saturated rings. The maximum Gasteiger partial charge on any atom is 0.327 e. The summed E-state index contributed by atoms with van der Waals surface area (Å²) in [6.45, 7) is 2.90. The van der Waals surface area contributed by atoms with E-state index < -0.39 is 5.97 Å². The van der Waals surface area contributed by atoms with Crippen molar-refractivity contribution in [2.45, 2.75) is 277 Å². The molecule has 0 aliphatic heterocycles. The zero-order valence-corrected chi connectivity index (χ0v) is 36.4. The molecule has 0 aromatic heterocycles. The van der Waals surface area contributed by atoms with E-state index in [4.69, 9.17) is 9.84 Å². The summed E-state index contributed by atoms with van der Waals surface area (Å²) < 4.78 is 5.47. The summed E-state index contributed by atoms with van der Waals surface area (Å²) in [5, 5.41) is 8.57. The van der Waals surface area contributed by atoms with Gasteiger partial charge in [0.25, 0.3) is 0 Å². The largest absolute Gasteiger partial charge is 0.478 e. The predicted molar refractivity (Wildman–Crippen MR) is 236 cm³/mol. The topological polar surface area (TPSA) is 63.6 Å². The molecular formula is C50H94O4. The fraction of sp³-hybridized carbons (Fsp3) is 0.880. The number of aliphatic carboxylic acids is 1. The van der Waals surface area contributed by atoms with E-state index in [1.807, 2.05) is 0 Å². The summed E-state index contributed by atoms with van der Waals surface area (Å²) in [5.41, 5.74) is 0. The molecule has 0 amide bonds. The lowest BCUT2D eigenvalue weighted by atomic mass is 10.0. The van der Waals surface area contributed by atoms with Crippen LogP contribution in [0.1, 0.15) is 277 Å². The highest BCUT2D eigenvalue weighted by atomic mass is 16.5. The second kappa shape index (κ2) is 47.6. The van der Waals surface area contributed by atoms with Crippen LogP contribution in [-0.4, -0.2) is 23.7 Å². The zero-order valence-electron chi connectivity index (χ0n) is 36.4. The van der Waals surface area contributed by atoms with E-state index in [9.17, 15) is 9.59 Å². The van der Waals surface area contributed by atoms with Crippen LogP contribution in [0.15, 0.2) is 24.3 Å². The molecule has 0 unspecified atom stereocenters. The number of esters is 1. The third-order valence-corrected chi connectivity index (χ3v) is 11.2. The minimum Gasteiger partial charge on any atom is -0.478 e. The van der Waals surface area contributed by atoms with Gasteiger partial charge in [-0.3, -0.25) is 4.79 Å². The van der Waals surface area contributed by atoms with Crippen molar-refractivity contribution in [2.24, 2.45) is 0 Å². The van der Waals surface area contributed by atoms with E-state index in [0.717, 1.165) is 32.1 Å². The van der Waals surface area contributed by atoms with Gasteiger partial charge in [-0.2, -0.15) is 0 Å². The number of rotatable bonds is 46. The van der Waals surface area contributed by atoms with Gasteiger partial charge < -0.3 is 9.84 Å². The van der Waals surface area contributed by atoms with Gasteiger partial charge in [0.1, 0.15) is 0 Å². The highest BCUT2D eigenvalue weighted by molar-refractivity contribution is 5.79. The summed E-state index contributed by atoms with van der Waals surface area (Å²) in [5.74, 6) is -0.821.